The number of rotatable bonds is 5. The molecule has 0 atom stereocenters. The first-order chi connectivity index (χ1) is 14.0. The minimum Gasteiger partial charge on any atom is -0.266 e. The number of alkyl halides is 2. The lowest BCUT2D eigenvalue weighted by molar-refractivity contribution is 0.0959. The number of amides is 1. The minimum atomic E-state index is -4.52. The lowest BCUT2D eigenvalue weighted by Gasteiger charge is -2.10. The number of halogens is 6. The van der Waals surface area contributed by atoms with E-state index in [0.717, 1.165) is 12.1 Å². The molecule has 0 aliphatic carbocycles. The average Bonchev–Trinajstić information content (AvgIpc) is 3.06. The second-order valence-corrected chi connectivity index (χ2v) is 8.98. The third-order valence-corrected chi connectivity index (χ3v) is 6.26. The second-order valence-electron chi connectivity index (χ2n) is 5.64. The molecular weight excluding hydrogens is 508 g/mol. The summed E-state index contributed by atoms with van der Waals surface area (Å²) in [5, 5.41) is 7.01. The molecule has 0 aliphatic heterocycles. The number of hydrogen-bond acceptors (Lipinski definition) is 5. The second kappa shape index (κ2) is 8.64. The van der Waals surface area contributed by atoms with Crippen molar-refractivity contribution in [2.45, 2.75) is 11.3 Å². The van der Waals surface area contributed by atoms with E-state index in [2.05, 4.69) is 10.3 Å². The average molecular weight is 516 g/mol. The summed E-state index contributed by atoms with van der Waals surface area (Å²) < 4.78 is 54.6. The van der Waals surface area contributed by atoms with Crippen LogP contribution in [-0.4, -0.2) is 29.3 Å². The van der Waals surface area contributed by atoms with Gasteiger partial charge in [-0.3, -0.25) is 4.79 Å². The molecule has 0 radical (unpaired) electrons. The molecule has 0 saturated carbocycles. The van der Waals surface area contributed by atoms with Gasteiger partial charge >= 0.3 is 0 Å². The zero-order valence-corrected chi connectivity index (χ0v) is 18.1. The van der Waals surface area contributed by atoms with Crippen LogP contribution in [0.1, 0.15) is 22.6 Å². The van der Waals surface area contributed by atoms with Crippen LogP contribution < -0.4 is 4.72 Å². The minimum absolute atomic E-state index is 0.0356. The van der Waals surface area contributed by atoms with Crippen molar-refractivity contribution in [2.24, 2.45) is 0 Å². The summed E-state index contributed by atoms with van der Waals surface area (Å²) in [6, 6.07) is 7.37. The third kappa shape index (κ3) is 4.52. The van der Waals surface area contributed by atoms with Crippen LogP contribution in [-0.2, 0) is 10.0 Å². The number of carbonyl (C=O) groups is 1. The molecule has 14 heteroatoms. The maximum Gasteiger partial charge on any atom is 0.287 e. The Labute approximate surface area is 188 Å². The number of aromatic nitrogens is 3. The van der Waals surface area contributed by atoms with E-state index in [1.807, 2.05) is 0 Å². The lowest BCUT2D eigenvalue weighted by atomic mass is 10.2. The number of sulfonamides is 1. The van der Waals surface area contributed by atoms with Gasteiger partial charge in [0.05, 0.1) is 15.7 Å². The van der Waals surface area contributed by atoms with E-state index < -0.39 is 38.6 Å². The maximum absolute atomic E-state index is 13.7. The predicted octanol–water partition coefficient (Wildman–Crippen LogP) is 4.94. The van der Waals surface area contributed by atoms with E-state index >= 15 is 0 Å². The number of hydrogen-bond donors (Lipinski definition) is 1. The van der Waals surface area contributed by atoms with Crippen molar-refractivity contribution in [1.82, 2.24) is 19.7 Å². The first-order valence-electron chi connectivity index (χ1n) is 7.72. The van der Waals surface area contributed by atoms with E-state index in [-0.39, 0.29) is 25.8 Å². The van der Waals surface area contributed by atoms with Gasteiger partial charge in [-0.05, 0) is 36.4 Å². The van der Waals surface area contributed by atoms with Crippen molar-refractivity contribution in [3.63, 3.8) is 0 Å². The smallest absolute Gasteiger partial charge is 0.266 e. The number of nitrogens with one attached hydrogen (secondary N) is 1. The Morgan fingerprint density at radius 3 is 2.17 bits per heavy atom. The SMILES string of the molecule is O=C(NS(=O)(=O)c1ccc(Cl)cc1Cl)c1nnn(-c2ccc(Cl)cc2Cl)c1C(F)F. The van der Waals surface area contributed by atoms with Gasteiger partial charge in [0.15, 0.2) is 5.69 Å². The normalized spacial score (nSPS) is 11.7. The summed E-state index contributed by atoms with van der Waals surface area (Å²) in [7, 11) is -4.52. The Morgan fingerprint density at radius 1 is 1.00 bits per heavy atom. The van der Waals surface area contributed by atoms with Gasteiger partial charge in [-0.15, -0.1) is 5.10 Å². The standard InChI is InChI=1S/C16H8Cl4F2N4O3S/c17-7-1-3-11(9(19)5-7)26-14(15(21)22)13(23-25-26)16(27)24-30(28,29)12-4-2-8(18)6-10(12)20/h1-6,15H,(H,24,27). The molecule has 1 aromatic heterocycles. The molecule has 1 heterocycles. The van der Waals surface area contributed by atoms with E-state index in [0.29, 0.717) is 4.68 Å². The third-order valence-electron chi connectivity index (χ3n) is 3.68. The van der Waals surface area contributed by atoms with Gasteiger partial charge < -0.3 is 0 Å². The van der Waals surface area contributed by atoms with Crippen LogP contribution in [0.3, 0.4) is 0 Å². The van der Waals surface area contributed by atoms with Crippen LogP contribution in [0, 0.1) is 0 Å². The maximum atomic E-state index is 13.7. The summed E-state index contributed by atoms with van der Waals surface area (Å²) in [6.07, 6.45) is -3.24. The van der Waals surface area contributed by atoms with Crippen molar-refractivity contribution in [3.8, 4) is 5.69 Å². The molecule has 3 rings (SSSR count). The molecule has 0 unspecified atom stereocenters. The van der Waals surface area contributed by atoms with Crippen LogP contribution in [0.25, 0.3) is 5.69 Å². The molecule has 2 aromatic carbocycles. The highest BCUT2D eigenvalue weighted by Crippen LogP contribution is 2.30. The van der Waals surface area contributed by atoms with Crippen LogP contribution in [0.2, 0.25) is 20.1 Å². The quantitative estimate of drug-likeness (QED) is 0.519. The molecule has 0 bridgehead atoms. The monoisotopic (exact) mass is 514 g/mol. The van der Waals surface area contributed by atoms with Gasteiger partial charge in [-0.25, -0.2) is 26.6 Å². The molecule has 30 heavy (non-hydrogen) atoms. The summed E-state index contributed by atoms with van der Waals surface area (Å²) in [5.74, 6) is -1.44. The van der Waals surface area contributed by atoms with Crippen molar-refractivity contribution < 1.29 is 22.0 Å². The van der Waals surface area contributed by atoms with Gasteiger partial charge in [0.1, 0.15) is 10.6 Å². The fourth-order valence-electron chi connectivity index (χ4n) is 2.40. The fourth-order valence-corrected chi connectivity index (χ4v) is 4.61. The van der Waals surface area contributed by atoms with Gasteiger partial charge in [-0.2, -0.15) is 0 Å². The van der Waals surface area contributed by atoms with Crippen LogP contribution in [0.4, 0.5) is 8.78 Å². The number of nitrogens with zero attached hydrogens (tertiary/aromatic N) is 3. The predicted molar refractivity (Wildman–Crippen MR) is 107 cm³/mol. The Balaban J connectivity index is 2.01. The fraction of sp³-hybridized carbons (Fsp3) is 0.0625. The summed E-state index contributed by atoms with van der Waals surface area (Å²) in [6.45, 7) is 0. The number of carbonyl (C=O) groups excluding carboxylic acids is 1. The summed E-state index contributed by atoms with van der Waals surface area (Å²) in [5.41, 5.74) is -1.91. The largest absolute Gasteiger partial charge is 0.287 e. The first kappa shape index (κ1) is 22.7. The van der Waals surface area contributed by atoms with Crippen molar-refractivity contribution >= 4 is 62.3 Å². The highest BCUT2D eigenvalue weighted by molar-refractivity contribution is 7.90. The van der Waals surface area contributed by atoms with Crippen molar-refractivity contribution in [2.75, 3.05) is 0 Å². The Kier molecular flexibility index (Phi) is 6.54. The Bertz CT molecular complexity index is 1250. The van der Waals surface area contributed by atoms with Crippen molar-refractivity contribution in [1.29, 1.82) is 0 Å². The first-order valence-corrected chi connectivity index (χ1v) is 10.7. The topological polar surface area (TPSA) is 93.9 Å². The van der Waals surface area contributed by atoms with Crippen LogP contribution >= 0.6 is 46.4 Å². The van der Waals surface area contributed by atoms with Crippen LogP contribution in [0.5, 0.6) is 0 Å². The van der Waals surface area contributed by atoms with Gasteiger partial charge in [0.25, 0.3) is 22.4 Å². The highest BCUT2D eigenvalue weighted by atomic mass is 35.5. The molecule has 1 amide bonds. The molecule has 0 saturated heterocycles. The van der Waals surface area contributed by atoms with E-state index in [9.17, 15) is 22.0 Å². The molecule has 0 spiro atoms. The van der Waals surface area contributed by atoms with E-state index in [1.165, 1.54) is 24.3 Å². The van der Waals surface area contributed by atoms with Gasteiger partial charge in [-0.1, -0.05) is 51.6 Å². The molecule has 7 nitrogen and oxygen atoms in total. The van der Waals surface area contributed by atoms with E-state index in [4.69, 9.17) is 46.4 Å². The lowest BCUT2D eigenvalue weighted by Crippen LogP contribution is -2.32. The van der Waals surface area contributed by atoms with Crippen molar-refractivity contribution in [3.05, 3.63) is 67.9 Å². The Morgan fingerprint density at radius 2 is 1.60 bits per heavy atom. The molecular formula is C16H8Cl4F2N4O3S. The Hall–Kier alpha value is -1.98. The number of benzene rings is 2. The summed E-state index contributed by atoms with van der Waals surface area (Å²) in [4.78, 5) is 12.0. The zero-order chi connectivity index (χ0) is 22.2. The molecule has 0 fully saturated rings. The zero-order valence-electron chi connectivity index (χ0n) is 14.3. The van der Waals surface area contributed by atoms with E-state index in [1.54, 1.807) is 4.72 Å². The molecule has 1 N–H and O–H groups in total. The summed E-state index contributed by atoms with van der Waals surface area (Å²) >= 11 is 23.4. The van der Waals surface area contributed by atoms with Gasteiger partial charge in [0.2, 0.25) is 0 Å². The molecule has 3 aromatic rings. The van der Waals surface area contributed by atoms with Crippen LogP contribution in [0.15, 0.2) is 41.3 Å². The van der Waals surface area contributed by atoms with Gasteiger partial charge in [0, 0.05) is 10.0 Å². The molecule has 0 aliphatic rings. The highest BCUT2D eigenvalue weighted by Gasteiger charge is 2.31. The molecule has 158 valence electrons.